The Balaban J connectivity index is 1.35. The van der Waals surface area contributed by atoms with Crippen LogP contribution in [0.2, 0.25) is 0 Å². The van der Waals surface area contributed by atoms with E-state index in [9.17, 15) is 24.0 Å². The number of carbonyl (C=O) groups excluding carboxylic acids is 5. The van der Waals surface area contributed by atoms with Crippen molar-refractivity contribution in [2.45, 2.75) is 19.8 Å². The number of carbonyl (C=O) groups is 5. The van der Waals surface area contributed by atoms with Gasteiger partial charge in [0.15, 0.2) is 6.61 Å². The molecule has 1 aliphatic carbocycles. The molecule has 2 aliphatic rings. The third-order valence-corrected chi connectivity index (χ3v) is 5.86. The van der Waals surface area contributed by atoms with Gasteiger partial charge in [-0.15, -0.1) is 0 Å². The third kappa shape index (κ3) is 5.13. The summed E-state index contributed by atoms with van der Waals surface area (Å²) < 4.78 is 10.0. The van der Waals surface area contributed by atoms with Crippen LogP contribution in [0.4, 0.5) is 11.4 Å². The number of esters is 2. The number of nitrogens with one attached hydrogen (secondary N) is 1. The summed E-state index contributed by atoms with van der Waals surface area (Å²) in [7, 11) is 0. The highest BCUT2D eigenvalue weighted by atomic mass is 16.5. The lowest BCUT2D eigenvalue weighted by molar-refractivity contribution is -0.122. The van der Waals surface area contributed by atoms with Crippen LogP contribution >= 0.6 is 0 Å². The Morgan fingerprint density at radius 2 is 1.51 bits per heavy atom. The highest BCUT2D eigenvalue weighted by molar-refractivity contribution is 6.22. The maximum Gasteiger partial charge on any atom is 0.338 e. The first-order valence-corrected chi connectivity index (χ1v) is 11.3. The number of benzene rings is 2. The maximum atomic E-state index is 12.8. The molecule has 9 heteroatoms. The SMILES string of the molecule is CCOC(=O)c1ccc(NC(=O)COC(=O)c2cccc(N3C(=O)[C@@H]4CC=CC[C@H]4C3=O)c2)cc1. The topological polar surface area (TPSA) is 119 Å². The smallest absolute Gasteiger partial charge is 0.338 e. The number of ether oxygens (including phenoxy) is 2. The Labute approximate surface area is 201 Å². The van der Waals surface area contributed by atoms with Gasteiger partial charge in [0.05, 0.1) is 35.3 Å². The zero-order valence-corrected chi connectivity index (χ0v) is 19.1. The zero-order chi connectivity index (χ0) is 24.9. The maximum absolute atomic E-state index is 12.8. The molecule has 35 heavy (non-hydrogen) atoms. The fourth-order valence-electron chi connectivity index (χ4n) is 4.14. The van der Waals surface area contributed by atoms with Gasteiger partial charge in [-0.25, -0.2) is 9.59 Å². The average Bonchev–Trinajstić information content (AvgIpc) is 3.13. The van der Waals surface area contributed by atoms with Crippen LogP contribution in [0.1, 0.15) is 40.5 Å². The Hall–Kier alpha value is -4.27. The van der Waals surface area contributed by atoms with Crippen LogP contribution in [-0.2, 0) is 23.9 Å². The second kappa shape index (κ2) is 10.3. The van der Waals surface area contributed by atoms with E-state index in [2.05, 4.69) is 5.32 Å². The fourth-order valence-corrected chi connectivity index (χ4v) is 4.14. The quantitative estimate of drug-likeness (QED) is 0.370. The highest BCUT2D eigenvalue weighted by Crippen LogP contribution is 2.37. The molecule has 0 spiro atoms. The van der Waals surface area contributed by atoms with Gasteiger partial charge in [0.2, 0.25) is 11.8 Å². The van der Waals surface area contributed by atoms with Crippen molar-refractivity contribution in [3.63, 3.8) is 0 Å². The number of hydrogen-bond donors (Lipinski definition) is 1. The number of allylic oxidation sites excluding steroid dienone is 2. The van der Waals surface area contributed by atoms with E-state index in [1.165, 1.54) is 36.4 Å². The molecule has 9 nitrogen and oxygen atoms in total. The van der Waals surface area contributed by atoms with Crippen LogP contribution in [0.5, 0.6) is 0 Å². The molecule has 0 aromatic heterocycles. The van der Waals surface area contributed by atoms with Gasteiger partial charge in [0, 0.05) is 5.69 Å². The monoisotopic (exact) mass is 476 g/mol. The minimum absolute atomic E-state index is 0.114. The van der Waals surface area contributed by atoms with E-state index in [1.54, 1.807) is 19.1 Å². The van der Waals surface area contributed by atoms with Gasteiger partial charge < -0.3 is 14.8 Å². The summed E-state index contributed by atoms with van der Waals surface area (Å²) in [6.45, 7) is 1.42. The van der Waals surface area contributed by atoms with E-state index in [-0.39, 0.29) is 35.8 Å². The Bertz CT molecular complexity index is 1180. The van der Waals surface area contributed by atoms with Crippen molar-refractivity contribution in [3.05, 3.63) is 71.8 Å². The Morgan fingerprint density at radius 1 is 0.886 bits per heavy atom. The van der Waals surface area contributed by atoms with Crippen LogP contribution in [0.3, 0.4) is 0 Å². The largest absolute Gasteiger partial charge is 0.462 e. The summed E-state index contributed by atoms with van der Waals surface area (Å²) in [6, 6.07) is 12.1. The van der Waals surface area contributed by atoms with Crippen molar-refractivity contribution < 1.29 is 33.4 Å². The van der Waals surface area contributed by atoms with Crippen LogP contribution in [0, 0.1) is 11.8 Å². The highest BCUT2D eigenvalue weighted by Gasteiger charge is 2.47. The third-order valence-electron chi connectivity index (χ3n) is 5.86. The molecule has 1 heterocycles. The van der Waals surface area contributed by atoms with Gasteiger partial charge >= 0.3 is 11.9 Å². The molecule has 180 valence electrons. The lowest BCUT2D eigenvalue weighted by Gasteiger charge is -2.15. The van der Waals surface area contributed by atoms with E-state index < -0.39 is 24.5 Å². The van der Waals surface area contributed by atoms with Crippen molar-refractivity contribution in [2.24, 2.45) is 11.8 Å². The summed E-state index contributed by atoms with van der Waals surface area (Å²) in [6.07, 6.45) is 4.86. The summed E-state index contributed by atoms with van der Waals surface area (Å²) in [5.74, 6) is -3.10. The van der Waals surface area contributed by atoms with Gasteiger partial charge in [0.25, 0.3) is 5.91 Å². The summed E-state index contributed by atoms with van der Waals surface area (Å²) in [5.41, 5.74) is 1.18. The van der Waals surface area contributed by atoms with E-state index >= 15 is 0 Å². The van der Waals surface area contributed by atoms with E-state index in [0.717, 1.165) is 4.90 Å². The van der Waals surface area contributed by atoms with Gasteiger partial charge in [0.1, 0.15) is 0 Å². The number of fused-ring (bicyclic) bond motifs is 1. The molecule has 1 fully saturated rings. The predicted molar refractivity (Wildman–Crippen MR) is 126 cm³/mol. The molecular weight excluding hydrogens is 452 g/mol. The lowest BCUT2D eigenvalue weighted by atomic mass is 9.85. The average molecular weight is 476 g/mol. The van der Waals surface area contributed by atoms with E-state index in [0.29, 0.717) is 29.8 Å². The summed E-state index contributed by atoms with van der Waals surface area (Å²) >= 11 is 0. The van der Waals surface area contributed by atoms with Crippen LogP contribution in [-0.4, -0.2) is 42.9 Å². The molecule has 0 radical (unpaired) electrons. The second-order valence-electron chi connectivity index (χ2n) is 8.14. The molecule has 2 aromatic carbocycles. The second-order valence-corrected chi connectivity index (χ2v) is 8.14. The number of imide groups is 1. The normalized spacial score (nSPS) is 18.7. The fraction of sp³-hybridized carbons (Fsp3) is 0.269. The molecule has 0 saturated carbocycles. The zero-order valence-electron chi connectivity index (χ0n) is 19.1. The molecule has 0 unspecified atom stereocenters. The van der Waals surface area contributed by atoms with Crippen molar-refractivity contribution in [2.75, 3.05) is 23.4 Å². The van der Waals surface area contributed by atoms with E-state index in [1.807, 2.05) is 12.2 Å². The van der Waals surface area contributed by atoms with Crippen molar-refractivity contribution >= 4 is 41.0 Å². The number of anilines is 2. The number of nitrogens with zero attached hydrogens (tertiary/aromatic N) is 1. The number of amides is 3. The number of hydrogen-bond acceptors (Lipinski definition) is 7. The Kier molecular flexibility index (Phi) is 7.05. The standard InChI is InChI=1S/C26H24N2O7/c1-2-34-25(32)16-10-12-18(13-11-16)27-22(29)15-35-26(33)17-6-5-7-19(14-17)28-23(30)20-8-3-4-9-21(20)24(28)31/h3-7,10-14,20-21H,2,8-9,15H2,1H3,(H,27,29)/t20-,21-/m1/s1. The molecule has 4 rings (SSSR count). The minimum Gasteiger partial charge on any atom is -0.462 e. The van der Waals surface area contributed by atoms with Crippen LogP contribution in [0.25, 0.3) is 0 Å². The first-order chi connectivity index (χ1) is 16.9. The predicted octanol–water partition coefficient (Wildman–Crippen LogP) is 3.11. The van der Waals surface area contributed by atoms with Gasteiger partial charge in [-0.1, -0.05) is 18.2 Å². The van der Waals surface area contributed by atoms with Crippen LogP contribution in [0.15, 0.2) is 60.7 Å². The van der Waals surface area contributed by atoms with Gasteiger partial charge in [-0.05, 0) is 62.2 Å². The van der Waals surface area contributed by atoms with Crippen LogP contribution < -0.4 is 10.2 Å². The number of rotatable bonds is 7. The molecule has 2 aromatic rings. The molecule has 1 saturated heterocycles. The summed E-state index contributed by atoms with van der Waals surface area (Å²) in [4.78, 5) is 63.1. The van der Waals surface area contributed by atoms with Crippen molar-refractivity contribution in [1.29, 1.82) is 0 Å². The molecular formula is C26H24N2O7. The minimum atomic E-state index is -0.766. The van der Waals surface area contributed by atoms with E-state index in [4.69, 9.17) is 9.47 Å². The van der Waals surface area contributed by atoms with Gasteiger partial charge in [-0.2, -0.15) is 0 Å². The van der Waals surface area contributed by atoms with Crippen molar-refractivity contribution in [1.82, 2.24) is 0 Å². The first-order valence-electron chi connectivity index (χ1n) is 11.3. The molecule has 1 aliphatic heterocycles. The van der Waals surface area contributed by atoms with Crippen molar-refractivity contribution in [3.8, 4) is 0 Å². The molecule has 0 bridgehead atoms. The summed E-state index contributed by atoms with van der Waals surface area (Å²) in [5, 5.41) is 2.57. The lowest BCUT2D eigenvalue weighted by Crippen LogP contribution is -2.31. The van der Waals surface area contributed by atoms with Gasteiger partial charge in [-0.3, -0.25) is 19.3 Å². The molecule has 3 amide bonds. The first kappa shape index (κ1) is 23.9. The molecule has 2 atom stereocenters. The molecule has 1 N–H and O–H groups in total. The Morgan fingerprint density at radius 3 is 2.14 bits per heavy atom.